The first kappa shape index (κ1) is 16.0. The van der Waals surface area contributed by atoms with Crippen molar-refractivity contribution in [2.24, 2.45) is 0 Å². The Hall–Kier alpha value is -1.38. The topological polar surface area (TPSA) is 91.1 Å². The second kappa shape index (κ2) is 5.78. The van der Waals surface area contributed by atoms with Crippen molar-refractivity contribution < 1.29 is 24.2 Å². The summed E-state index contributed by atoms with van der Waals surface area (Å²) in [5.41, 5.74) is -0.554. The van der Waals surface area contributed by atoms with Crippen LogP contribution in [0, 0.1) is 10.1 Å². The van der Waals surface area contributed by atoms with E-state index < -0.39 is 16.6 Å². The molecule has 8 heteroatoms. The molecule has 1 heterocycles. The fourth-order valence-electron chi connectivity index (χ4n) is 2.14. The number of nitro groups is 1. The fourth-order valence-corrected chi connectivity index (χ4v) is 2.52. The molecule has 7 nitrogen and oxygen atoms in total. The van der Waals surface area contributed by atoms with Gasteiger partial charge < -0.3 is 19.3 Å². The number of aliphatic hydroxyl groups is 1. The number of hydrogen-bond acceptors (Lipinski definition) is 6. The summed E-state index contributed by atoms with van der Waals surface area (Å²) in [6, 6.07) is 2.69. The molecule has 0 aromatic heterocycles. The van der Waals surface area contributed by atoms with Gasteiger partial charge in [0.05, 0.1) is 15.9 Å². The number of nitrogens with zero attached hydrogens (tertiary/aromatic N) is 1. The number of halogens is 1. The van der Waals surface area contributed by atoms with Crippen LogP contribution in [-0.4, -0.2) is 34.4 Å². The van der Waals surface area contributed by atoms with Crippen LogP contribution in [0.3, 0.4) is 0 Å². The minimum atomic E-state index is -0.918. The Bertz CT molecular complexity index is 562. The number of hydrogen-bond donors (Lipinski definition) is 1. The summed E-state index contributed by atoms with van der Waals surface area (Å²) in [6.45, 7) is 3.51. The predicted molar refractivity (Wildman–Crippen MR) is 78.0 cm³/mol. The van der Waals surface area contributed by atoms with Crippen LogP contribution >= 0.6 is 15.9 Å². The molecule has 0 bridgehead atoms. The summed E-state index contributed by atoms with van der Waals surface area (Å²) in [5.74, 6) is 0.400. The summed E-state index contributed by atoms with van der Waals surface area (Å²) >= 11 is 3.37. The molecule has 1 aliphatic rings. The molecule has 1 aliphatic heterocycles. The van der Waals surface area contributed by atoms with Crippen molar-refractivity contribution in [1.29, 1.82) is 0 Å². The van der Waals surface area contributed by atoms with Gasteiger partial charge in [0.1, 0.15) is 11.4 Å². The van der Waals surface area contributed by atoms with E-state index in [2.05, 4.69) is 15.9 Å². The third-order valence-electron chi connectivity index (χ3n) is 3.25. The Morgan fingerprint density at radius 2 is 2.19 bits per heavy atom. The second-order valence-electron chi connectivity index (χ2n) is 5.22. The van der Waals surface area contributed by atoms with E-state index >= 15 is 0 Å². The third kappa shape index (κ3) is 2.97. The number of rotatable bonds is 4. The zero-order valence-corrected chi connectivity index (χ0v) is 13.4. The Kier molecular flexibility index (Phi) is 4.40. The summed E-state index contributed by atoms with van der Waals surface area (Å²) < 4.78 is 15.8. The molecule has 0 radical (unpaired) electrons. The van der Waals surface area contributed by atoms with E-state index in [0.29, 0.717) is 11.3 Å². The maximum Gasteiger partial charge on any atom is 0.311 e. The van der Waals surface area contributed by atoms with E-state index in [1.165, 1.54) is 19.2 Å². The van der Waals surface area contributed by atoms with Gasteiger partial charge in [0, 0.05) is 24.8 Å². The van der Waals surface area contributed by atoms with Crippen LogP contribution < -0.4 is 9.47 Å². The lowest BCUT2D eigenvalue weighted by molar-refractivity contribution is -0.386. The zero-order chi connectivity index (χ0) is 15.8. The van der Waals surface area contributed by atoms with Crippen LogP contribution in [0.4, 0.5) is 5.69 Å². The number of ether oxygens (including phenoxy) is 3. The lowest BCUT2D eigenvalue weighted by Gasteiger charge is -2.40. The standard InChI is InChI=1S/C13H16BrNO6/c1-13(2)12(14)11(16)7-4-8(15(17)18)10(20-6-19-3)5-9(7)21-13/h4-5,11-12,16H,6H2,1-3H3/t11-,12+/m1/s1. The molecule has 2 rings (SSSR count). The van der Waals surface area contributed by atoms with Crippen molar-refractivity contribution in [2.45, 2.75) is 30.4 Å². The average molecular weight is 362 g/mol. The predicted octanol–water partition coefficient (Wildman–Crippen LogP) is 2.55. The highest BCUT2D eigenvalue weighted by molar-refractivity contribution is 9.09. The van der Waals surface area contributed by atoms with Crippen LogP contribution in [-0.2, 0) is 4.74 Å². The van der Waals surface area contributed by atoms with Crippen molar-refractivity contribution in [3.63, 3.8) is 0 Å². The molecule has 0 unspecified atom stereocenters. The first-order valence-corrected chi connectivity index (χ1v) is 7.14. The summed E-state index contributed by atoms with van der Waals surface area (Å²) in [7, 11) is 1.42. The van der Waals surface area contributed by atoms with Gasteiger partial charge in [-0.05, 0) is 13.8 Å². The maximum atomic E-state index is 11.1. The maximum absolute atomic E-state index is 11.1. The molecule has 1 aromatic rings. The SMILES string of the molecule is COCOc1cc2c(cc1[N+](=O)[O-])[C@@H](O)[C@H](Br)C(C)(C)O2. The highest BCUT2D eigenvalue weighted by atomic mass is 79.9. The molecule has 0 saturated carbocycles. The monoisotopic (exact) mass is 361 g/mol. The number of alkyl halides is 1. The first-order valence-electron chi connectivity index (χ1n) is 6.23. The number of benzene rings is 1. The normalized spacial score (nSPS) is 23.1. The van der Waals surface area contributed by atoms with Crippen LogP contribution in [0.25, 0.3) is 0 Å². The van der Waals surface area contributed by atoms with Gasteiger partial charge in [0.25, 0.3) is 0 Å². The Morgan fingerprint density at radius 1 is 1.52 bits per heavy atom. The van der Waals surface area contributed by atoms with E-state index in [-0.39, 0.29) is 23.1 Å². The number of methoxy groups -OCH3 is 1. The van der Waals surface area contributed by atoms with Crippen LogP contribution in [0.1, 0.15) is 25.5 Å². The second-order valence-corrected chi connectivity index (χ2v) is 6.20. The highest BCUT2D eigenvalue weighted by Gasteiger charge is 2.43. The average Bonchev–Trinajstić information content (AvgIpc) is 2.41. The minimum absolute atomic E-state index is 0.0385. The molecule has 21 heavy (non-hydrogen) atoms. The van der Waals surface area contributed by atoms with E-state index in [9.17, 15) is 15.2 Å². The van der Waals surface area contributed by atoms with Crippen molar-refractivity contribution >= 4 is 21.6 Å². The number of nitro benzene ring substituents is 1. The van der Waals surface area contributed by atoms with Gasteiger partial charge in [-0.25, -0.2) is 0 Å². The summed E-state index contributed by atoms with van der Waals surface area (Å²) in [6.07, 6.45) is -0.918. The lowest BCUT2D eigenvalue weighted by atomic mass is 9.91. The van der Waals surface area contributed by atoms with Gasteiger partial charge in [-0.15, -0.1) is 0 Å². The van der Waals surface area contributed by atoms with Crippen LogP contribution in [0.5, 0.6) is 11.5 Å². The van der Waals surface area contributed by atoms with Gasteiger partial charge in [-0.1, -0.05) is 15.9 Å². The zero-order valence-electron chi connectivity index (χ0n) is 11.8. The van der Waals surface area contributed by atoms with Gasteiger partial charge in [-0.2, -0.15) is 0 Å². The highest BCUT2D eigenvalue weighted by Crippen LogP contribution is 2.47. The molecular weight excluding hydrogens is 346 g/mol. The molecule has 0 amide bonds. The van der Waals surface area contributed by atoms with Crippen molar-refractivity contribution in [2.75, 3.05) is 13.9 Å². The van der Waals surface area contributed by atoms with E-state index in [1.807, 2.05) is 13.8 Å². The van der Waals surface area contributed by atoms with E-state index in [4.69, 9.17) is 14.2 Å². The van der Waals surface area contributed by atoms with Gasteiger partial charge in [-0.3, -0.25) is 10.1 Å². The Morgan fingerprint density at radius 3 is 2.76 bits per heavy atom. The quantitative estimate of drug-likeness (QED) is 0.383. The van der Waals surface area contributed by atoms with Crippen LogP contribution in [0.2, 0.25) is 0 Å². The molecule has 0 fully saturated rings. The summed E-state index contributed by atoms with van der Waals surface area (Å²) in [5, 5.41) is 21.5. The molecule has 0 aliphatic carbocycles. The molecule has 0 saturated heterocycles. The van der Waals surface area contributed by atoms with E-state index in [0.717, 1.165) is 0 Å². The summed E-state index contributed by atoms with van der Waals surface area (Å²) in [4.78, 5) is 10.2. The van der Waals surface area contributed by atoms with Gasteiger partial charge in [0.2, 0.25) is 5.75 Å². The lowest BCUT2D eigenvalue weighted by Crippen LogP contribution is -2.45. The first-order chi connectivity index (χ1) is 9.77. The molecule has 1 N–H and O–H groups in total. The third-order valence-corrected chi connectivity index (χ3v) is 4.86. The minimum Gasteiger partial charge on any atom is -0.486 e. The van der Waals surface area contributed by atoms with Crippen molar-refractivity contribution in [1.82, 2.24) is 0 Å². The fraction of sp³-hybridized carbons (Fsp3) is 0.538. The van der Waals surface area contributed by atoms with Crippen molar-refractivity contribution in [3.8, 4) is 11.5 Å². The Balaban J connectivity index is 2.51. The van der Waals surface area contributed by atoms with E-state index in [1.54, 1.807) is 0 Å². The van der Waals surface area contributed by atoms with Crippen molar-refractivity contribution in [3.05, 3.63) is 27.8 Å². The van der Waals surface area contributed by atoms with Gasteiger partial charge >= 0.3 is 5.69 Å². The number of fused-ring (bicyclic) bond motifs is 1. The van der Waals surface area contributed by atoms with Gasteiger partial charge in [0.15, 0.2) is 6.79 Å². The number of aliphatic hydroxyl groups excluding tert-OH is 1. The largest absolute Gasteiger partial charge is 0.486 e. The molecule has 116 valence electrons. The molecule has 1 aromatic carbocycles. The molecule has 0 spiro atoms. The Labute approximate surface area is 130 Å². The van der Waals surface area contributed by atoms with Crippen LogP contribution in [0.15, 0.2) is 12.1 Å². The molecular formula is C13H16BrNO6. The smallest absolute Gasteiger partial charge is 0.311 e. The molecule has 2 atom stereocenters.